The molecule has 0 aliphatic heterocycles. The van der Waals surface area contributed by atoms with Crippen molar-refractivity contribution in [3.63, 3.8) is 0 Å². The molecule has 2 aromatic rings. The fourth-order valence-electron chi connectivity index (χ4n) is 1.57. The summed E-state index contributed by atoms with van der Waals surface area (Å²) in [5.74, 6) is -0.776. The minimum Gasteiger partial charge on any atom is -0.461 e. The third kappa shape index (κ3) is 3.09. The van der Waals surface area contributed by atoms with E-state index in [1.165, 1.54) is 18.3 Å². The molecule has 0 bridgehead atoms. The fraction of sp³-hybridized carbons (Fsp3) is 0.214. The van der Waals surface area contributed by atoms with Crippen LogP contribution in [0.1, 0.15) is 23.0 Å². The molecule has 104 valence electrons. The fourth-order valence-corrected chi connectivity index (χ4v) is 1.57. The molecule has 0 spiro atoms. The Bertz CT molecular complexity index is 611. The van der Waals surface area contributed by atoms with Crippen molar-refractivity contribution >= 4 is 5.97 Å². The van der Waals surface area contributed by atoms with Gasteiger partial charge in [0.1, 0.15) is 5.75 Å². The standard InChI is InChI=1S/C14H13FN2O3/c1-3-19-14(18)12-7-10(8-16-17-12)20-13-9(2)5-4-6-11(13)15/h4-8H,3H2,1-2H3. The van der Waals surface area contributed by atoms with Gasteiger partial charge in [-0.25, -0.2) is 9.18 Å². The number of aryl methyl sites for hydroxylation is 1. The number of carbonyl (C=O) groups is 1. The minimum atomic E-state index is -0.601. The summed E-state index contributed by atoms with van der Waals surface area (Å²) < 4.78 is 23.9. The normalized spacial score (nSPS) is 10.2. The summed E-state index contributed by atoms with van der Waals surface area (Å²) in [4.78, 5) is 11.5. The summed E-state index contributed by atoms with van der Waals surface area (Å²) in [5.41, 5.74) is 0.651. The van der Waals surface area contributed by atoms with Gasteiger partial charge >= 0.3 is 5.97 Å². The summed E-state index contributed by atoms with van der Waals surface area (Å²) in [6.07, 6.45) is 1.30. The van der Waals surface area contributed by atoms with E-state index >= 15 is 0 Å². The van der Waals surface area contributed by atoms with Crippen molar-refractivity contribution in [3.05, 3.63) is 47.5 Å². The number of ether oxygens (including phenoxy) is 2. The molecule has 0 atom stereocenters. The van der Waals surface area contributed by atoms with Crippen LogP contribution in [0.2, 0.25) is 0 Å². The predicted molar refractivity (Wildman–Crippen MR) is 69.2 cm³/mol. The van der Waals surface area contributed by atoms with Gasteiger partial charge in [0.15, 0.2) is 17.3 Å². The van der Waals surface area contributed by atoms with Crippen molar-refractivity contribution in [2.75, 3.05) is 6.61 Å². The molecule has 0 saturated heterocycles. The molecule has 0 unspecified atom stereocenters. The zero-order valence-corrected chi connectivity index (χ0v) is 11.1. The molecule has 0 aliphatic carbocycles. The van der Waals surface area contributed by atoms with Gasteiger partial charge in [-0.05, 0) is 25.5 Å². The Hall–Kier alpha value is -2.50. The van der Waals surface area contributed by atoms with E-state index in [-0.39, 0.29) is 23.8 Å². The lowest BCUT2D eigenvalue weighted by molar-refractivity contribution is 0.0517. The smallest absolute Gasteiger partial charge is 0.358 e. The second kappa shape index (κ2) is 6.10. The van der Waals surface area contributed by atoms with Crippen molar-refractivity contribution in [2.45, 2.75) is 13.8 Å². The SMILES string of the molecule is CCOC(=O)c1cc(Oc2c(C)cccc2F)cnn1. The van der Waals surface area contributed by atoms with Crippen molar-refractivity contribution < 1.29 is 18.7 Å². The Kier molecular flexibility index (Phi) is 4.24. The number of rotatable bonds is 4. The van der Waals surface area contributed by atoms with Gasteiger partial charge in [0.25, 0.3) is 0 Å². The van der Waals surface area contributed by atoms with E-state index in [1.54, 1.807) is 26.0 Å². The van der Waals surface area contributed by atoms with E-state index in [1.807, 2.05) is 0 Å². The second-order valence-electron chi connectivity index (χ2n) is 3.98. The highest BCUT2D eigenvalue weighted by atomic mass is 19.1. The van der Waals surface area contributed by atoms with Crippen molar-refractivity contribution in [2.24, 2.45) is 0 Å². The molecule has 1 heterocycles. The molecule has 20 heavy (non-hydrogen) atoms. The van der Waals surface area contributed by atoms with Crippen molar-refractivity contribution in [3.8, 4) is 11.5 Å². The molecule has 0 aliphatic rings. The van der Waals surface area contributed by atoms with E-state index in [4.69, 9.17) is 9.47 Å². The summed E-state index contributed by atoms with van der Waals surface area (Å²) in [5, 5.41) is 7.29. The molecular formula is C14H13FN2O3. The highest BCUT2D eigenvalue weighted by molar-refractivity contribution is 5.87. The van der Waals surface area contributed by atoms with E-state index in [9.17, 15) is 9.18 Å². The van der Waals surface area contributed by atoms with Crippen LogP contribution in [-0.2, 0) is 4.74 Å². The minimum absolute atomic E-state index is 0.0124. The lowest BCUT2D eigenvalue weighted by Gasteiger charge is -2.09. The number of aromatic nitrogens is 2. The van der Waals surface area contributed by atoms with Gasteiger partial charge in [0, 0.05) is 6.07 Å². The van der Waals surface area contributed by atoms with Crippen LogP contribution in [0.5, 0.6) is 11.5 Å². The zero-order chi connectivity index (χ0) is 14.5. The van der Waals surface area contributed by atoms with Gasteiger partial charge in [0.2, 0.25) is 0 Å². The van der Waals surface area contributed by atoms with Gasteiger partial charge in [-0.3, -0.25) is 0 Å². The summed E-state index contributed by atoms with van der Waals surface area (Å²) in [7, 11) is 0. The molecule has 0 fully saturated rings. The average Bonchev–Trinajstić information content (AvgIpc) is 2.44. The largest absolute Gasteiger partial charge is 0.461 e. The average molecular weight is 276 g/mol. The second-order valence-corrected chi connectivity index (χ2v) is 3.98. The molecule has 5 nitrogen and oxygen atoms in total. The van der Waals surface area contributed by atoms with Gasteiger partial charge in [-0.15, -0.1) is 5.10 Å². The van der Waals surface area contributed by atoms with Crippen molar-refractivity contribution in [1.29, 1.82) is 0 Å². The molecule has 0 amide bonds. The first-order valence-corrected chi connectivity index (χ1v) is 6.04. The first kappa shape index (κ1) is 13.9. The van der Waals surface area contributed by atoms with Crippen LogP contribution in [0.15, 0.2) is 30.5 Å². The number of nitrogens with zero attached hydrogens (tertiary/aromatic N) is 2. The maximum Gasteiger partial charge on any atom is 0.358 e. The van der Waals surface area contributed by atoms with Crippen LogP contribution in [0, 0.1) is 12.7 Å². The molecule has 2 rings (SSSR count). The number of para-hydroxylation sites is 1. The Morgan fingerprint density at radius 2 is 2.20 bits per heavy atom. The summed E-state index contributed by atoms with van der Waals surface area (Å²) >= 11 is 0. The Labute approximate surface area is 115 Å². The molecule has 6 heteroatoms. The lowest BCUT2D eigenvalue weighted by atomic mass is 10.2. The van der Waals surface area contributed by atoms with E-state index in [2.05, 4.69) is 10.2 Å². The van der Waals surface area contributed by atoms with Gasteiger partial charge in [-0.2, -0.15) is 5.10 Å². The molecule has 1 aromatic carbocycles. The maximum absolute atomic E-state index is 13.7. The van der Waals surface area contributed by atoms with Crippen LogP contribution in [-0.4, -0.2) is 22.8 Å². The van der Waals surface area contributed by atoms with Crippen LogP contribution in [0.3, 0.4) is 0 Å². The van der Waals surface area contributed by atoms with Crippen LogP contribution in [0.25, 0.3) is 0 Å². The van der Waals surface area contributed by atoms with Gasteiger partial charge < -0.3 is 9.47 Å². The number of halogens is 1. The lowest BCUT2D eigenvalue weighted by Crippen LogP contribution is -2.08. The third-order valence-corrected chi connectivity index (χ3v) is 2.50. The Morgan fingerprint density at radius 3 is 2.90 bits per heavy atom. The highest BCUT2D eigenvalue weighted by Gasteiger charge is 2.13. The Balaban J connectivity index is 2.26. The number of hydrogen-bond acceptors (Lipinski definition) is 5. The number of carbonyl (C=O) groups excluding carboxylic acids is 1. The topological polar surface area (TPSA) is 61.3 Å². The van der Waals surface area contributed by atoms with Crippen LogP contribution >= 0.6 is 0 Å². The first-order chi connectivity index (χ1) is 9.61. The molecule has 0 saturated carbocycles. The van der Waals surface area contributed by atoms with E-state index in [0.717, 1.165) is 0 Å². The van der Waals surface area contributed by atoms with Crippen LogP contribution in [0.4, 0.5) is 4.39 Å². The van der Waals surface area contributed by atoms with E-state index < -0.39 is 11.8 Å². The highest BCUT2D eigenvalue weighted by Crippen LogP contribution is 2.27. The molecule has 0 N–H and O–H groups in total. The van der Waals surface area contributed by atoms with Crippen molar-refractivity contribution in [1.82, 2.24) is 10.2 Å². The van der Waals surface area contributed by atoms with Gasteiger partial charge in [-0.1, -0.05) is 12.1 Å². The monoisotopic (exact) mass is 276 g/mol. The number of benzene rings is 1. The summed E-state index contributed by atoms with van der Waals surface area (Å²) in [6.45, 7) is 3.64. The molecule has 1 aromatic heterocycles. The van der Waals surface area contributed by atoms with Crippen LogP contribution < -0.4 is 4.74 Å². The third-order valence-electron chi connectivity index (χ3n) is 2.50. The van der Waals surface area contributed by atoms with Gasteiger partial charge in [0.05, 0.1) is 12.8 Å². The Morgan fingerprint density at radius 1 is 1.40 bits per heavy atom. The molecular weight excluding hydrogens is 263 g/mol. The summed E-state index contributed by atoms with van der Waals surface area (Å²) in [6, 6.07) is 5.96. The maximum atomic E-state index is 13.7. The number of esters is 1. The first-order valence-electron chi connectivity index (χ1n) is 6.04. The van der Waals surface area contributed by atoms with E-state index in [0.29, 0.717) is 5.56 Å². The predicted octanol–water partition coefficient (Wildman–Crippen LogP) is 2.89. The number of hydrogen-bond donors (Lipinski definition) is 0. The quantitative estimate of drug-likeness (QED) is 0.803. The molecule has 0 radical (unpaired) electrons. The zero-order valence-electron chi connectivity index (χ0n) is 11.1.